The van der Waals surface area contributed by atoms with Crippen LogP contribution in [-0.4, -0.2) is 41.8 Å². The van der Waals surface area contributed by atoms with Gasteiger partial charge in [-0.15, -0.1) is 0 Å². The number of sulfonamides is 1. The summed E-state index contributed by atoms with van der Waals surface area (Å²) in [5.74, 6) is -4.95. The third-order valence-corrected chi connectivity index (χ3v) is 6.73. The van der Waals surface area contributed by atoms with Crippen molar-refractivity contribution >= 4 is 16.0 Å². The number of nitrogens with zero attached hydrogens (tertiary/aromatic N) is 1. The van der Waals surface area contributed by atoms with Gasteiger partial charge in [-0.3, -0.25) is 4.79 Å². The lowest BCUT2D eigenvalue weighted by Crippen LogP contribution is -2.50. The number of alkyl halides is 2. The standard InChI is InChI=1S/C15H17F2NO4S/c1-14(13(19)20)6-3-7-18(14)23(21,22)11-5-2-4-10(8-11)12-9-15(12,16)17/h2,4-5,8,12H,3,6-7,9H2,1H3,(H,19,20)/t12?,14-/m1/s1. The van der Waals surface area contributed by atoms with Crippen LogP contribution in [0.1, 0.15) is 37.7 Å². The van der Waals surface area contributed by atoms with Gasteiger partial charge in [0, 0.05) is 13.0 Å². The largest absolute Gasteiger partial charge is 0.480 e. The molecule has 1 heterocycles. The zero-order valence-electron chi connectivity index (χ0n) is 12.5. The highest BCUT2D eigenvalue weighted by Crippen LogP contribution is 2.55. The molecule has 2 aliphatic rings. The summed E-state index contributed by atoms with van der Waals surface area (Å²) >= 11 is 0. The van der Waals surface area contributed by atoms with Crippen LogP contribution >= 0.6 is 0 Å². The second-order valence-corrected chi connectivity index (χ2v) is 8.21. The predicted molar refractivity (Wildman–Crippen MR) is 77.9 cm³/mol. The molecule has 0 spiro atoms. The molecule has 1 saturated heterocycles. The molecular formula is C15H17F2NO4S. The van der Waals surface area contributed by atoms with Gasteiger partial charge in [0.25, 0.3) is 5.92 Å². The van der Waals surface area contributed by atoms with Crippen LogP contribution in [0.15, 0.2) is 29.2 Å². The number of benzene rings is 1. The van der Waals surface area contributed by atoms with E-state index in [1.54, 1.807) is 0 Å². The number of halogens is 2. The maximum Gasteiger partial charge on any atom is 0.324 e. The van der Waals surface area contributed by atoms with E-state index in [4.69, 9.17) is 0 Å². The second-order valence-electron chi connectivity index (χ2n) is 6.35. The molecule has 126 valence electrons. The Balaban J connectivity index is 1.98. The van der Waals surface area contributed by atoms with Crippen LogP contribution in [0.5, 0.6) is 0 Å². The number of aliphatic carboxylic acids is 1. The molecule has 1 aromatic carbocycles. The van der Waals surface area contributed by atoms with Crippen LogP contribution in [0.3, 0.4) is 0 Å². The third kappa shape index (κ3) is 2.53. The highest BCUT2D eigenvalue weighted by Gasteiger charge is 2.57. The Labute approximate surface area is 133 Å². The summed E-state index contributed by atoms with van der Waals surface area (Å²) < 4.78 is 52.9. The number of carboxylic acids is 1. The average molecular weight is 345 g/mol. The Morgan fingerprint density at radius 1 is 1.39 bits per heavy atom. The Bertz CT molecular complexity index is 764. The van der Waals surface area contributed by atoms with E-state index in [1.807, 2.05) is 0 Å². The zero-order valence-corrected chi connectivity index (χ0v) is 13.3. The van der Waals surface area contributed by atoms with Crippen molar-refractivity contribution in [2.24, 2.45) is 0 Å². The van der Waals surface area contributed by atoms with E-state index < -0.39 is 33.4 Å². The minimum Gasteiger partial charge on any atom is -0.480 e. The first-order chi connectivity index (χ1) is 10.6. The molecule has 1 aliphatic carbocycles. The van der Waals surface area contributed by atoms with Crippen LogP contribution in [0, 0.1) is 0 Å². The highest BCUT2D eigenvalue weighted by molar-refractivity contribution is 7.89. The number of carboxylic acid groups (broad SMARTS) is 1. The van der Waals surface area contributed by atoms with Crippen LogP contribution in [0.4, 0.5) is 8.78 Å². The summed E-state index contributed by atoms with van der Waals surface area (Å²) in [6, 6.07) is 5.46. The summed E-state index contributed by atoms with van der Waals surface area (Å²) in [7, 11) is -4.05. The summed E-state index contributed by atoms with van der Waals surface area (Å²) in [6.07, 6.45) is 0.386. The van der Waals surface area contributed by atoms with Crippen molar-refractivity contribution in [1.82, 2.24) is 4.31 Å². The van der Waals surface area contributed by atoms with Gasteiger partial charge in [0.1, 0.15) is 5.54 Å². The van der Waals surface area contributed by atoms with E-state index in [0.717, 1.165) is 4.31 Å². The van der Waals surface area contributed by atoms with E-state index in [2.05, 4.69) is 0 Å². The zero-order chi connectivity index (χ0) is 17.0. The molecule has 3 rings (SSSR count). The number of rotatable bonds is 4. The van der Waals surface area contributed by atoms with E-state index in [9.17, 15) is 27.1 Å². The number of hydrogen-bond donors (Lipinski definition) is 1. The van der Waals surface area contributed by atoms with Crippen molar-refractivity contribution in [2.45, 2.75) is 48.5 Å². The van der Waals surface area contributed by atoms with E-state index in [-0.39, 0.29) is 29.8 Å². The molecule has 1 aliphatic heterocycles. The van der Waals surface area contributed by atoms with Gasteiger partial charge in [-0.25, -0.2) is 17.2 Å². The molecule has 23 heavy (non-hydrogen) atoms. The first-order valence-corrected chi connectivity index (χ1v) is 8.77. The normalized spacial score (nSPS) is 30.3. The smallest absolute Gasteiger partial charge is 0.324 e. The predicted octanol–water partition coefficient (Wildman–Crippen LogP) is 2.44. The lowest BCUT2D eigenvalue weighted by atomic mass is 10.0. The Morgan fingerprint density at radius 2 is 2.04 bits per heavy atom. The molecule has 0 bridgehead atoms. The highest BCUT2D eigenvalue weighted by atomic mass is 32.2. The lowest BCUT2D eigenvalue weighted by Gasteiger charge is -2.30. The third-order valence-electron chi connectivity index (χ3n) is 4.71. The van der Waals surface area contributed by atoms with Crippen molar-refractivity contribution in [3.8, 4) is 0 Å². The second kappa shape index (κ2) is 4.98. The van der Waals surface area contributed by atoms with Crippen molar-refractivity contribution in [3.63, 3.8) is 0 Å². The van der Waals surface area contributed by atoms with Gasteiger partial charge in [0.15, 0.2) is 0 Å². The van der Waals surface area contributed by atoms with Crippen LogP contribution in [0.2, 0.25) is 0 Å². The molecule has 1 unspecified atom stereocenters. The molecule has 2 atom stereocenters. The van der Waals surface area contributed by atoms with Crippen molar-refractivity contribution < 1.29 is 27.1 Å². The Hall–Kier alpha value is -1.54. The topological polar surface area (TPSA) is 74.7 Å². The summed E-state index contributed by atoms with van der Waals surface area (Å²) in [6.45, 7) is 1.48. The van der Waals surface area contributed by atoms with E-state index >= 15 is 0 Å². The van der Waals surface area contributed by atoms with Gasteiger partial charge in [-0.1, -0.05) is 12.1 Å². The van der Waals surface area contributed by atoms with Crippen molar-refractivity contribution in [2.75, 3.05) is 6.54 Å². The maximum atomic E-state index is 13.2. The van der Waals surface area contributed by atoms with Gasteiger partial charge in [0.05, 0.1) is 10.8 Å². The minimum absolute atomic E-state index is 0.106. The quantitative estimate of drug-likeness (QED) is 0.909. The number of carbonyl (C=O) groups is 1. The van der Waals surface area contributed by atoms with Crippen LogP contribution < -0.4 is 0 Å². The molecule has 1 aromatic rings. The molecule has 1 N–H and O–H groups in total. The summed E-state index contributed by atoms with van der Waals surface area (Å²) in [4.78, 5) is 11.3. The van der Waals surface area contributed by atoms with E-state index in [1.165, 1.54) is 31.2 Å². The van der Waals surface area contributed by atoms with Gasteiger partial charge >= 0.3 is 5.97 Å². The fourth-order valence-electron chi connectivity index (χ4n) is 3.13. The number of hydrogen-bond acceptors (Lipinski definition) is 3. The maximum absolute atomic E-state index is 13.2. The minimum atomic E-state index is -4.05. The van der Waals surface area contributed by atoms with Crippen molar-refractivity contribution in [1.29, 1.82) is 0 Å². The lowest BCUT2D eigenvalue weighted by molar-refractivity contribution is -0.146. The van der Waals surface area contributed by atoms with Crippen LogP contribution in [0.25, 0.3) is 0 Å². The molecule has 0 amide bonds. The molecule has 1 saturated carbocycles. The fourth-order valence-corrected chi connectivity index (χ4v) is 4.99. The molecule has 0 radical (unpaired) electrons. The first-order valence-electron chi connectivity index (χ1n) is 7.33. The average Bonchev–Trinajstić information content (AvgIpc) is 2.92. The molecule has 0 aromatic heterocycles. The first kappa shape index (κ1) is 16.3. The monoisotopic (exact) mass is 345 g/mol. The fraction of sp³-hybridized carbons (Fsp3) is 0.533. The summed E-state index contributed by atoms with van der Waals surface area (Å²) in [5, 5.41) is 9.37. The molecular weight excluding hydrogens is 328 g/mol. The van der Waals surface area contributed by atoms with E-state index in [0.29, 0.717) is 6.42 Å². The van der Waals surface area contributed by atoms with Gasteiger partial charge < -0.3 is 5.11 Å². The summed E-state index contributed by atoms with van der Waals surface area (Å²) in [5.41, 5.74) is -1.23. The molecule has 2 fully saturated rings. The molecule has 5 nitrogen and oxygen atoms in total. The van der Waals surface area contributed by atoms with Crippen molar-refractivity contribution in [3.05, 3.63) is 29.8 Å². The van der Waals surface area contributed by atoms with Gasteiger partial charge in [-0.05, 0) is 37.5 Å². The SMILES string of the molecule is C[C@]1(C(=O)O)CCCN1S(=O)(=O)c1cccc(C2CC2(F)F)c1. The van der Waals surface area contributed by atoms with Gasteiger partial charge in [-0.2, -0.15) is 4.31 Å². The van der Waals surface area contributed by atoms with Gasteiger partial charge in [0.2, 0.25) is 10.0 Å². The Kier molecular flexibility index (Phi) is 3.53. The molecule has 8 heteroatoms. The van der Waals surface area contributed by atoms with Crippen LogP contribution in [-0.2, 0) is 14.8 Å². The Morgan fingerprint density at radius 3 is 2.61 bits per heavy atom.